The van der Waals surface area contributed by atoms with Crippen LogP contribution in [0.5, 0.6) is 0 Å². The Morgan fingerprint density at radius 1 is 0.941 bits per heavy atom. The van der Waals surface area contributed by atoms with Gasteiger partial charge in [0.05, 0.1) is 26.9 Å². The van der Waals surface area contributed by atoms with Crippen molar-refractivity contribution >= 4 is 38.7 Å². The number of benzene rings is 1. The van der Waals surface area contributed by atoms with E-state index in [1.54, 1.807) is 0 Å². The van der Waals surface area contributed by atoms with Crippen molar-refractivity contribution < 1.29 is 14.8 Å². The normalized spacial score (nSPS) is 9.94. The first-order valence-corrected chi connectivity index (χ1v) is 5.42. The predicted octanol–water partition coefficient (Wildman–Crippen LogP) is 2.66. The number of halogens is 1. The summed E-state index contributed by atoms with van der Waals surface area (Å²) in [6.45, 7) is 0. The smallest absolute Gasteiger partial charge is 0.258 e. The van der Waals surface area contributed by atoms with Crippen LogP contribution in [0.25, 0.3) is 0 Å². The van der Waals surface area contributed by atoms with Crippen LogP contribution >= 0.6 is 21.7 Å². The van der Waals surface area contributed by atoms with E-state index >= 15 is 0 Å². The summed E-state index contributed by atoms with van der Waals surface area (Å²) < 4.78 is 0. The standard InChI is InChI=1S/C6H2ClN3O6S/c7-17-6-4(9(13)14)1-3(8(11)12)2-5(6)10(15)16/h1-2H. The van der Waals surface area contributed by atoms with Crippen molar-refractivity contribution in [2.75, 3.05) is 0 Å². The third kappa shape index (κ3) is 2.60. The fourth-order valence-electron chi connectivity index (χ4n) is 1.04. The van der Waals surface area contributed by atoms with Crippen LogP contribution in [0, 0.1) is 30.3 Å². The lowest BCUT2D eigenvalue weighted by Crippen LogP contribution is -1.99. The average Bonchev–Trinajstić information content (AvgIpc) is 2.26. The Morgan fingerprint density at radius 2 is 1.35 bits per heavy atom. The van der Waals surface area contributed by atoms with Gasteiger partial charge in [-0.3, -0.25) is 30.3 Å². The van der Waals surface area contributed by atoms with Gasteiger partial charge in [-0.05, 0) is 21.7 Å². The van der Waals surface area contributed by atoms with E-state index < -0.39 is 36.7 Å². The molecule has 0 aliphatic heterocycles. The van der Waals surface area contributed by atoms with Gasteiger partial charge in [0, 0.05) is 0 Å². The van der Waals surface area contributed by atoms with E-state index in [1.165, 1.54) is 0 Å². The van der Waals surface area contributed by atoms with Gasteiger partial charge < -0.3 is 0 Å². The molecule has 0 aliphatic rings. The Bertz CT molecular complexity index is 485. The zero-order valence-corrected chi connectivity index (χ0v) is 9.30. The first-order chi connectivity index (χ1) is 7.88. The van der Waals surface area contributed by atoms with E-state index in [2.05, 4.69) is 0 Å². The maximum absolute atomic E-state index is 10.6. The molecule has 0 aromatic heterocycles. The van der Waals surface area contributed by atoms with Crippen molar-refractivity contribution in [3.05, 3.63) is 42.5 Å². The molecule has 11 heteroatoms. The number of nitro groups is 3. The second-order valence-corrected chi connectivity index (χ2v) is 3.69. The molecule has 0 saturated heterocycles. The highest BCUT2D eigenvalue weighted by molar-refractivity contribution is 8.21. The highest BCUT2D eigenvalue weighted by Crippen LogP contribution is 2.42. The number of nitrogens with zero attached hydrogens (tertiary/aromatic N) is 3. The summed E-state index contributed by atoms with van der Waals surface area (Å²) in [5, 5.41) is 31.7. The molecule has 0 N–H and O–H groups in total. The molecule has 1 aromatic carbocycles. The molecule has 0 heterocycles. The summed E-state index contributed by atoms with van der Waals surface area (Å²) in [5.41, 5.74) is -2.28. The van der Waals surface area contributed by atoms with Crippen LogP contribution in [0.4, 0.5) is 17.1 Å². The fraction of sp³-hybridized carbons (Fsp3) is 0. The molecule has 1 rings (SSSR count). The Labute approximate surface area is 101 Å². The number of non-ortho nitro benzene ring substituents is 1. The summed E-state index contributed by atoms with van der Waals surface area (Å²) in [6, 6.07) is 1.25. The van der Waals surface area contributed by atoms with Gasteiger partial charge in [-0.25, -0.2) is 0 Å². The zero-order chi connectivity index (χ0) is 13.2. The lowest BCUT2D eigenvalue weighted by atomic mass is 10.2. The van der Waals surface area contributed by atoms with Gasteiger partial charge in [-0.15, -0.1) is 0 Å². The van der Waals surface area contributed by atoms with E-state index in [1.807, 2.05) is 0 Å². The third-order valence-corrected chi connectivity index (χ3v) is 2.75. The quantitative estimate of drug-likeness (QED) is 0.611. The summed E-state index contributed by atoms with van der Waals surface area (Å²) in [5.74, 6) is 0. The van der Waals surface area contributed by atoms with Crippen LogP contribution in [0.1, 0.15) is 0 Å². The van der Waals surface area contributed by atoms with E-state index in [4.69, 9.17) is 10.7 Å². The molecule has 9 nitrogen and oxygen atoms in total. The molecular formula is C6H2ClN3O6S. The molecule has 0 radical (unpaired) electrons. The maximum atomic E-state index is 10.6. The van der Waals surface area contributed by atoms with Crippen molar-refractivity contribution in [3.63, 3.8) is 0 Å². The number of rotatable bonds is 4. The topological polar surface area (TPSA) is 129 Å². The molecule has 0 atom stereocenters. The minimum absolute atomic E-state index is 0.265. The highest BCUT2D eigenvalue weighted by Gasteiger charge is 2.30. The molecule has 0 fully saturated rings. The molecule has 90 valence electrons. The van der Waals surface area contributed by atoms with Gasteiger partial charge in [0.1, 0.15) is 0 Å². The Kier molecular flexibility index (Phi) is 3.81. The first kappa shape index (κ1) is 13.1. The van der Waals surface area contributed by atoms with Crippen molar-refractivity contribution in [2.24, 2.45) is 0 Å². The van der Waals surface area contributed by atoms with E-state index in [0.717, 1.165) is 0 Å². The maximum Gasteiger partial charge on any atom is 0.298 e. The van der Waals surface area contributed by atoms with Crippen LogP contribution in [-0.2, 0) is 0 Å². The number of hydrogen-bond acceptors (Lipinski definition) is 7. The molecule has 17 heavy (non-hydrogen) atoms. The van der Waals surface area contributed by atoms with Crippen LogP contribution in [0.15, 0.2) is 17.0 Å². The lowest BCUT2D eigenvalue weighted by Gasteiger charge is -2.00. The Morgan fingerprint density at radius 3 is 1.59 bits per heavy atom. The number of nitro benzene ring substituents is 3. The summed E-state index contributed by atoms with van der Waals surface area (Å²) in [7, 11) is 5.56. The van der Waals surface area contributed by atoms with Gasteiger partial charge in [0.25, 0.3) is 17.1 Å². The zero-order valence-electron chi connectivity index (χ0n) is 7.73. The Balaban J connectivity index is 3.63. The Hall–Kier alpha value is -1.94. The summed E-state index contributed by atoms with van der Waals surface area (Å²) in [4.78, 5) is 28.4. The second kappa shape index (κ2) is 4.93. The van der Waals surface area contributed by atoms with Crippen LogP contribution < -0.4 is 0 Å². The molecule has 0 spiro atoms. The van der Waals surface area contributed by atoms with Crippen LogP contribution in [0.3, 0.4) is 0 Å². The molecule has 1 aromatic rings. The molecular weight excluding hydrogens is 278 g/mol. The second-order valence-electron chi connectivity index (χ2n) is 2.66. The SMILES string of the molecule is O=[N+]([O-])c1cc([N+](=O)[O-])c(SCl)c([N+](=O)[O-])c1. The van der Waals surface area contributed by atoms with Crippen molar-refractivity contribution in [1.82, 2.24) is 0 Å². The lowest BCUT2D eigenvalue weighted by molar-refractivity contribution is -0.407. The summed E-state index contributed by atoms with van der Waals surface area (Å²) in [6.07, 6.45) is 0. The summed E-state index contributed by atoms with van der Waals surface area (Å²) >= 11 is 0. The molecule has 0 amide bonds. The van der Waals surface area contributed by atoms with Crippen molar-refractivity contribution in [3.8, 4) is 0 Å². The third-order valence-electron chi connectivity index (χ3n) is 1.72. The van der Waals surface area contributed by atoms with E-state index in [9.17, 15) is 30.3 Å². The van der Waals surface area contributed by atoms with Gasteiger partial charge in [0.2, 0.25) is 0 Å². The van der Waals surface area contributed by atoms with E-state index in [0.29, 0.717) is 12.1 Å². The first-order valence-electron chi connectivity index (χ1n) is 3.78. The van der Waals surface area contributed by atoms with E-state index in [-0.39, 0.29) is 11.0 Å². The fourth-order valence-corrected chi connectivity index (χ4v) is 1.94. The predicted molar refractivity (Wildman–Crippen MR) is 58.1 cm³/mol. The minimum atomic E-state index is -0.968. The minimum Gasteiger partial charge on any atom is -0.258 e. The molecule has 0 aliphatic carbocycles. The molecule has 0 bridgehead atoms. The number of hydrogen-bond donors (Lipinski definition) is 0. The van der Waals surface area contributed by atoms with Gasteiger partial charge >= 0.3 is 0 Å². The van der Waals surface area contributed by atoms with Gasteiger partial charge in [-0.1, -0.05) is 0 Å². The van der Waals surface area contributed by atoms with Gasteiger partial charge in [0.15, 0.2) is 4.90 Å². The average molecular weight is 280 g/mol. The highest BCUT2D eigenvalue weighted by atomic mass is 35.7. The van der Waals surface area contributed by atoms with Gasteiger partial charge in [-0.2, -0.15) is 0 Å². The van der Waals surface area contributed by atoms with Crippen molar-refractivity contribution in [1.29, 1.82) is 0 Å². The monoisotopic (exact) mass is 279 g/mol. The van der Waals surface area contributed by atoms with Crippen LogP contribution in [0.2, 0.25) is 0 Å². The molecule has 0 unspecified atom stereocenters. The van der Waals surface area contributed by atoms with Crippen LogP contribution in [-0.4, -0.2) is 14.8 Å². The largest absolute Gasteiger partial charge is 0.298 e. The molecule has 0 saturated carbocycles. The van der Waals surface area contributed by atoms with Crippen molar-refractivity contribution in [2.45, 2.75) is 4.90 Å².